The fraction of sp³-hybridized carbons (Fsp3) is 0.923. The first kappa shape index (κ1) is 14.5. The summed E-state index contributed by atoms with van der Waals surface area (Å²) in [7, 11) is 1.68. The van der Waals surface area contributed by atoms with Crippen LogP contribution < -0.4 is 5.32 Å². The van der Waals surface area contributed by atoms with Gasteiger partial charge in [0.25, 0.3) is 0 Å². The molecule has 1 saturated heterocycles. The van der Waals surface area contributed by atoms with Crippen LogP contribution in [0.3, 0.4) is 0 Å². The van der Waals surface area contributed by atoms with E-state index in [-0.39, 0.29) is 11.3 Å². The van der Waals surface area contributed by atoms with Crippen molar-refractivity contribution in [3.05, 3.63) is 0 Å². The number of carbonyl (C=O) groups excluding carboxylic acids is 1. The molecular weight excluding hydrogens is 216 g/mol. The van der Waals surface area contributed by atoms with Gasteiger partial charge in [-0.3, -0.25) is 4.79 Å². The predicted molar refractivity (Wildman–Crippen MR) is 69.0 cm³/mol. The molecule has 4 heteroatoms. The molecule has 1 fully saturated rings. The lowest BCUT2D eigenvalue weighted by Gasteiger charge is -2.33. The standard InChI is InChI=1S/C13H26N2O2/c1-4-8-15(9-5-2)12(16)13(11-17-3)6-7-14-10-13/h14H,4-11H2,1-3H3. The van der Waals surface area contributed by atoms with Crippen LogP contribution in [0, 0.1) is 5.41 Å². The molecule has 0 radical (unpaired) electrons. The van der Waals surface area contributed by atoms with Crippen molar-refractivity contribution in [1.29, 1.82) is 0 Å². The Bertz CT molecular complexity index is 232. The largest absolute Gasteiger partial charge is 0.384 e. The minimum Gasteiger partial charge on any atom is -0.384 e. The summed E-state index contributed by atoms with van der Waals surface area (Å²) in [6.45, 7) is 8.15. The SMILES string of the molecule is CCCN(CCC)C(=O)C1(COC)CCNC1. The zero-order chi connectivity index (χ0) is 12.7. The number of carbonyl (C=O) groups is 1. The zero-order valence-corrected chi connectivity index (χ0v) is 11.4. The zero-order valence-electron chi connectivity index (χ0n) is 11.4. The molecule has 0 aromatic carbocycles. The van der Waals surface area contributed by atoms with E-state index in [9.17, 15) is 4.79 Å². The highest BCUT2D eigenvalue weighted by molar-refractivity contribution is 5.83. The van der Waals surface area contributed by atoms with Crippen molar-refractivity contribution in [3.63, 3.8) is 0 Å². The molecule has 0 spiro atoms. The number of nitrogens with one attached hydrogen (secondary N) is 1. The summed E-state index contributed by atoms with van der Waals surface area (Å²) in [5.74, 6) is 0.271. The monoisotopic (exact) mass is 242 g/mol. The Labute approximate surface area is 105 Å². The van der Waals surface area contributed by atoms with Crippen molar-refractivity contribution in [3.8, 4) is 0 Å². The average molecular weight is 242 g/mol. The third-order valence-electron chi connectivity index (χ3n) is 3.39. The first-order valence-corrected chi connectivity index (χ1v) is 6.69. The molecule has 0 saturated carbocycles. The topological polar surface area (TPSA) is 41.6 Å². The van der Waals surface area contributed by atoms with E-state index in [0.29, 0.717) is 6.61 Å². The normalized spacial score (nSPS) is 23.9. The molecule has 0 bridgehead atoms. The van der Waals surface area contributed by atoms with Crippen LogP contribution in [-0.2, 0) is 9.53 Å². The summed E-state index contributed by atoms with van der Waals surface area (Å²) in [5, 5.41) is 3.29. The number of amides is 1. The van der Waals surface area contributed by atoms with Gasteiger partial charge < -0.3 is 15.0 Å². The van der Waals surface area contributed by atoms with Crippen molar-refractivity contribution >= 4 is 5.91 Å². The van der Waals surface area contributed by atoms with E-state index in [1.54, 1.807) is 7.11 Å². The summed E-state index contributed by atoms with van der Waals surface area (Å²) in [5.41, 5.74) is -0.320. The second-order valence-electron chi connectivity index (χ2n) is 4.93. The van der Waals surface area contributed by atoms with E-state index in [1.165, 1.54) is 0 Å². The molecule has 4 nitrogen and oxygen atoms in total. The molecule has 0 aliphatic carbocycles. The van der Waals surface area contributed by atoms with Gasteiger partial charge in [0.15, 0.2) is 0 Å². The number of nitrogens with zero attached hydrogens (tertiary/aromatic N) is 1. The summed E-state index contributed by atoms with van der Waals surface area (Å²) < 4.78 is 5.27. The third-order valence-corrected chi connectivity index (χ3v) is 3.39. The van der Waals surface area contributed by atoms with Gasteiger partial charge in [0.05, 0.1) is 12.0 Å². The second-order valence-corrected chi connectivity index (χ2v) is 4.93. The van der Waals surface area contributed by atoms with Gasteiger partial charge in [-0.15, -0.1) is 0 Å². The van der Waals surface area contributed by atoms with Gasteiger partial charge in [-0.1, -0.05) is 13.8 Å². The number of hydrogen-bond donors (Lipinski definition) is 1. The summed E-state index contributed by atoms with van der Waals surface area (Å²) >= 11 is 0. The first-order valence-electron chi connectivity index (χ1n) is 6.69. The van der Waals surface area contributed by atoms with E-state index < -0.39 is 0 Å². The van der Waals surface area contributed by atoms with Crippen molar-refractivity contribution in [1.82, 2.24) is 10.2 Å². The lowest BCUT2D eigenvalue weighted by atomic mass is 9.86. The minimum absolute atomic E-state index is 0.271. The van der Waals surface area contributed by atoms with Crippen molar-refractivity contribution < 1.29 is 9.53 Å². The molecule has 1 atom stereocenters. The molecule has 1 rings (SSSR count). The van der Waals surface area contributed by atoms with E-state index >= 15 is 0 Å². The minimum atomic E-state index is -0.320. The van der Waals surface area contributed by atoms with Crippen molar-refractivity contribution in [2.75, 3.05) is 39.9 Å². The van der Waals surface area contributed by atoms with Crippen LogP contribution in [0.25, 0.3) is 0 Å². The molecule has 1 aliphatic heterocycles. The Morgan fingerprint density at radius 2 is 2.00 bits per heavy atom. The number of rotatable bonds is 7. The van der Waals surface area contributed by atoms with Crippen molar-refractivity contribution in [2.24, 2.45) is 5.41 Å². The quantitative estimate of drug-likeness (QED) is 0.731. The maximum absolute atomic E-state index is 12.6. The fourth-order valence-electron chi connectivity index (χ4n) is 2.58. The third kappa shape index (κ3) is 3.42. The lowest BCUT2D eigenvalue weighted by molar-refractivity contribution is -0.144. The van der Waals surface area contributed by atoms with Crippen LogP contribution in [0.15, 0.2) is 0 Å². The fourth-order valence-corrected chi connectivity index (χ4v) is 2.58. The Kier molecular flexibility index (Phi) is 5.92. The molecule has 1 amide bonds. The Balaban J connectivity index is 2.73. The van der Waals surface area contributed by atoms with Crippen molar-refractivity contribution in [2.45, 2.75) is 33.1 Å². The Morgan fingerprint density at radius 1 is 1.35 bits per heavy atom. The van der Waals surface area contributed by atoms with Crippen LogP contribution >= 0.6 is 0 Å². The van der Waals surface area contributed by atoms with Gasteiger partial charge in [0, 0.05) is 26.7 Å². The molecule has 1 unspecified atom stereocenters. The Hall–Kier alpha value is -0.610. The van der Waals surface area contributed by atoms with E-state index in [4.69, 9.17) is 4.74 Å². The number of hydrogen-bond acceptors (Lipinski definition) is 3. The highest BCUT2D eigenvalue weighted by Gasteiger charge is 2.43. The molecule has 1 aliphatic rings. The van der Waals surface area contributed by atoms with E-state index in [0.717, 1.165) is 45.4 Å². The Morgan fingerprint density at radius 3 is 2.41 bits per heavy atom. The van der Waals surface area contributed by atoms with Gasteiger partial charge in [-0.25, -0.2) is 0 Å². The van der Waals surface area contributed by atoms with Gasteiger partial charge in [-0.05, 0) is 25.8 Å². The van der Waals surface area contributed by atoms with E-state index in [1.807, 2.05) is 4.90 Å². The molecule has 1 N–H and O–H groups in total. The van der Waals surface area contributed by atoms with Crippen LogP contribution in [0.4, 0.5) is 0 Å². The molecule has 0 aromatic heterocycles. The maximum atomic E-state index is 12.6. The number of methoxy groups -OCH3 is 1. The predicted octanol–water partition coefficient (Wildman–Crippen LogP) is 1.26. The van der Waals surface area contributed by atoms with Crippen LogP contribution in [0.1, 0.15) is 33.1 Å². The molecule has 1 heterocycles. The van der Waals surface area contributed by atoms with Crippen LogP contribution in [0.2, 0.25) is 0 Å². The smallest absolute Gasteiger partial charge is 0.232 e. The summed E-state index contributed by atoms with van der Waals surface area (Å²) in [6.07, 6.45) is 2.92. The second kappa shape index (κ2) is 6.97. The molecule has 17 heavy (non-hydrogen) atoms. The summed E-state index contributed by atoms with van der Waals surface area (Å²) in [4.78, 5) is 14.6. The highest BCUT2D eigenvalue weighted by Crippen LogP contribution is 2.28. The van der Waals surface area contributed by atoms with Crippen LogP contribution in [-0.4, -0.2) is 50.7 Å². The first-order chi connectivity index (χ1) is 8.20. The maximum Gasteiger partial charge on any atom is 0.232 e. The van der Waals surface area contributed by atoms with E-state index in [2.05, 4.69) is 19.2 Å². The molecule has 100 valence electrons. The van der Waals surface area contributed by atoms with Crippen LogP contribution in [0.5, 0.6) is 0 Å². The molecular formula is C13H26N2O2. The van der Waals surface area contributed by atoms with Gasteiger partial charge >= 0.3 is 0 Å². The van der Waals surface area contributed by atoms with Gasteiger partial charge in [0.2, 0.25) is 5.91 Å². The summed E-state index contributed by atoms with van der Waals surface area (Å²) in [6, 6.07) is 0. The van der Waals surface area contributed by atoms with Gasteiger partial charge in [0.1, 0.15) is 0 Å². The lowest BCUT2D eigenvalue weighted by Crippen LogP contribution is -2.48. The highest BCUT2D eigenvalue weighted by atomic mass is 16.5. The molecule has 0 aromatic rings. The number of ether oxygens (including phenoxy) is 1. The van der Waals surface area contributed by atoms with Gasteiger partial charge in [-0.2, -0.15) is 0 Å². The average Bonchev–Trinajstić information content (AvgIpc) is 2.78.